The lowest BCUT2D eigenvalue weighted by Gasteiger charge is -2.34. The van der Waals surface area contributed by atoms with Crippen LogP contribution in [0.25, 0.3) is 0 Å². The summed E-state index contributed by atoms with van der Waals surface area (Å²) in [5.41, 5.74) is 5.43. The van der Waals surface area contributed by atoms with Gasteiger partial charge in [-0.15, -0.1) is 0 Å². The van der Waals surface area contributed by atoms with Gasteiger partial charge in [0.25, 0.3) is 0 Å². The Labute approximate surface area is 113 Å². The fourth-order valence-electron chi connectivity index (χ4n) is 4.82. The second-order valence-corrected chi connectivity index (χ2v) is 6.95. The third-order valence-electron chi connectivity index (χ3n) is 5.77. The number of hydrogen-bond acceptors (Lipinski definition) is 0. The summed E-state index contributed by atoms with van der Waals surface area (Å²) in [6.07, 6.45) is 12.3. The molecule has 0 heteroatoms. The van der Waals surface area contributed by atoms with Gasteiger partial charge in [-0.2, -0.15) is 0 Å². The molecule has 0 amide bonds. The summed E-state index contributed by atoms with van der Waals surface area (Å²) in [6, 6.07) is 0. The molecule has 0 saturated heterocycles. The fraction of sp³-hybridized carbons (Fsp3) is 0.778. The molecule has 0 radical (unpaired) electrons. The molecule has 0 heterocycles. The number of allylic oxidation sites excluding steroid dienone is 4. The van der Waals surface area contributed by atoms with Gasteiger partial charge in [0.15, 0.2) is 0 Å². The van der Waals surface area contributed by atoms with Crippen LogP contribution in [0.15, 0.2) is 22.8 Å². The van der Waals surface area contributed by atoms with Gasteiger partial charge < -0.3 is 0 Å². The maximum Gasteiger partial charge on any atom is -0.0124 e. The predicted molar refractivity (Wildman–Crippen MR) is 78.4 cm³/mol. The van der Waals surface area contributed by atoms with Crippen LogP contribution in [0.2, 0.25) is 0 Å². The second-order valence-electron chi connectivity index (χ2n) is 6.95. The number of unbranched alkanes of at least 4 members (excludes halogenated alkanes) is 1. The third-order valence-corrected chi connectivity index (χ3v) is 5.77. The molecule has 3 aliphatic carbocycles. The molecular formula is C18H28. The molecule has 18 heavy (non-hydrogen) atoms. The van der Waals surface area contributed by atoms with Crippen LogP contribution in [-0.4, -0.2) is 0 Å². The predicted octanol–water partition coefficient (Wildman–Crippen LogP) is 5.51. The summed E-state index contributed by atoms with van der Waals surface area (Å²) in [5.74, 6) is 3.78. The number of hydrogen-bond donors (Lipinski definition) is 0. The van der Waals surface area contributed by atoms with E-state index in [4.69, 9.17) is 0 Å². The van der Waals surface area contributed by atoms with Crippen LogP contribution in [0.4, 0.5) is 0 Å². The Morgan fingerprint density at radius 2 is 2.06 bits per heavy atom. The first-order chi connectivity index (χ1) is 8.72. The first-order valence-corrected chi connectivity index (χ1v) is 8.14. The van der Waals surface area contributed by atoms with Crippen molar-refractivity contribution in [3.8, 4) is 0 Å². The van der Waals surface area contributed by atoms with E-state index in [1.807, 2.05) is 11.1 Å². The van der Waals surface area contributed by atoms with Gasteiger partial charge in [-0.25, -0.2) is 0 Å². The highest BCUT2D eigenvalue weighted by molar-refractivity contribution is 5.49. The molecule has 4 atom stereocenters. The normalized spacial score (nSPS) is 38.7. The maximum atomic E-state index is 2.56. The molecule has 0 aliphatic heterocycles. The van der Waals surface area contributed by atoms with E-state index in [-0.39, 0.29) is 0 Å². The van der Waals surface area contributed by atoms with Gasteiger partial charge in [-0.3, -0.25) is 0 Å². The smallest absolute Gasteiger partial charge is 0.0124 e. The van der Waals surface area contributed by atoms with Gasteiger partial charge in [-0.05, 0) is 66.9 Å². The van der Waals surface area contributed by atoms with E-state index in [0.29, 0.717) is 0 Å². The van der Waals surface area contributed by atoms with Gasteiger partial charge in [0.2, 0.25) is 0 Å². The van der Waals surface area contributed by atoms with Crippen LogP contribution in [0, 0.1) is 23.7 Å². The van der Waals surface area contributed by atoms with Crippen LogP contribution in [-0.2, 0) is 0 Å². The van der Waals surface area contributed by atoms with E-state index in [0.717, 1.165) is 23.7 Å². The fourth-order valence-corrected chi connectivity index (χ4v) is 4.82. The van der Waals surface area contributed by atoms with Crippen molar-refractivity contribution >= 4 is 0 Å². The summed E-state index contributed by atoms with van der Waals surface area (Å²) < 4.78 is 0. The standard InChI is InChI=1S/C18H28/c1-4-5-6-14-8-10-16-17-11-12(2)7-9-15(17)13(3)18(14)16/h8,12-13,15,17H,4-7,9-11H2,1-3H3. The van der Waals surface area contributed by atoms with E-state index in [1.165, 1.54) is 44.9 Å². The Hall–Kier alpha value is -0.520. The lowest BCUT2D eigenvalue weighted by Crippen LogP contribution is -2.25. The van der Waals surface area contributed by atoms with E-state index < -0.39 is 0 Å². The Morgan fingerprint density at radius 3 is 2.83 bits per heavy atom. The quantitative estimate of drug-likeness (QED) is 0.614. The van der Waals surface area contributed by atoms with Crippen LogP contribution in [0.5, 0.6) is 0 Å². The Morgan fingerprint density at radius 1 is 1.22 bits per heavy atom. The molecule has 1 saturated carbocycles. The van der Waals surface area contributed by atoms with E-state index >= 15 is 0 Å². The second kappa shape index (κ2) is 4.87. The van der Waals surface area contributed by atoms with E-state index in [2.05, 4.69) is 26.8 Å². The highest BCUT2D eigenvalue weighted by Gasteiger charge is 2.44. The van der Waals surface area contributed by atoms with Crippen molar-refractivity contribution in [2.45, 2.75) is 65.7 Å². The zero-order chi connectivity index (χ0) is 12.7. The van der Waals surface area contributed by atoms with Crippen LogP contribution >= 0.6 is 0 Å². The number of fused-ring (bicyclic) bond motifs is 2. The van der Waals surface area contributed by atoms with Crippen molar-refractivity contribution in [3.05, 3.63) is 22.8 Å². The average Bonchev–Trinajstić information content (AvgIpc) is 2.88. The zero-order valence-electron chi connectivity index (χ0n) is 12.3. The lowest BCUT2D eigenvalue weighted by atomic mass is 9.71. The zero-order valence-corrected chi connectivity index (χ0v) is 12.3. The summed E-state index contributed by atoms with van der Waals surface area (Å²) >= 11 is 0. The summed E-state index contributed by atoms with van der Waals surface area (Å²) in [4.78, 5) is 0. The number of rotatable bonds is 3. The van der Waals surface area contributed by atoms with Crippen molar-refractivity contribution < 1.29 is 0 Å². The van der Waals surface area contributed by atoms with Gasteiger partial charge in [0.05, 0.1) is 0 Å². The summed E-state index contributed by atoms with van der Waals surface area (Å²) in [6.45, 7) is 7.28. The Balaban J connectivity index is 1.81. The topological polar surface area (TPSA) is 0 Å². The highest BCUT2D eigenvalue weighted by atomic mass is 14.5. The monoisotopic (exact) mass is 244 g/mol. The lowest BCUT2D eigenvalue weighted by molar-refractivity contribution is 0.199. The average molecular weight is 244 g/mol. The van der Waals surface area contributed by atoms with Crippen LogP contribution in [0.1, 0.15) is 65.7 Å². The van der Waals surface area contributed by atoms with Crippen molar-refractivity contribution in [2.24, 2.45) is 23.7 Å². The molecule has 0 aromatic carbocycles. The first-order valence-electron chi connectivity index (χ1n) is 8.14. The SMILES string of the molecule is CCCCC1=CCC2=C1C(C)C1CCC(C)CC21. The van der Waals surface area contributed by atoms with Crippen molar-refractivity contribution in [1.82, 2.24) is 0 Å². The van der Waals surface area contributed by atoms with Crippen molar-refractivity contribution in [1.29, 1.82) is 0 Å². The molecule has 3 aliphatic rings. The molecule has 0 N–H and O–H groups in total. The minimum Gasteiger partial charge on any atom is -0.0769 e. The van der Waals surface area contributed by atoms with Gasteiger partial charge in [0.1, 0.15) is 0 Å². The van der Waals surface area contributed by atoms with Gasteiger partial charge >= 0.3 is 0 Å². The molecule has 0 aromatic heterocycles. The molecule has 100 valence electrons. The Bertz CT molecular complexity index is 385. The molecule has 0 aromatic rings. The largest absolute Gasteiger partial charge is 0.0769 e. The third kappa shape index (κ3) is 1.89. The van der Waals surface area contributed by atoms with Crippen LogP contribution < -0.4 is 0 Å². The summed E-state index contributed by atoms with van der Waals surface area (Å²) in [7, 11) is 0. The molecule has 0 nitrogen and oxygen atoms in total. The summed E-state index contributed by atoms with van der Waals surface area (Å²) in [5, 5.41) is 0. The van der Waals surface area contributed by atoms with Gasteiger partial charge in [0, 0.05) is 0 Å². The Kier molecular flexibility index (Phi) is 3.38. The van der Waals surface area contributed by atoms with Crippen molar-refractivity contribution in [3.63, 3.8) is 0 Å². The van der Waals surface area contributed by atoms with E-state index in [9.17, 15) is 0 Å². The molecule has 1 fully saturated rings. The van der Waals surface area contributed by atoms with Crippen molar-refractivity contribution in [2.75, 3.05) is 0 Å². The molecule has 0 bridgehead atoms. The molecule has 0 spiro atoms. The molecule has 3 rings (SSSR count). The van der Waals surface area contributed by atoms with Gasteiger partial charge in [-0.1, -0.05) is 45.3 Å². The minimum atomic E-state index is 0.864. The van der Waals surface area contributed by atoms with E-state index in [1.54, 1.807) is 5.57 Å². The highest BCUT2D eigenvalue weighted by Crippen LogP contribution is 2.56. The minimum absolute atomic E-state index is 0.864. The molecular weight excluding hydrogens is 216 g/mol. The molecule has 4 unspecified atom stereocenters. The first kappa shape index (κ1) is 12.5. The van der Waals surface area contributed by atoms with Crippen LogP contribution in [0.3, 0.4) is 0 Å². The maximum absolute atomic E-state index is 2.56.